The molecule has 1 amide bonds. The van der Waals surface area contributed by atoms with Gasteiger partial charge < -0.3 is 10.4 Å². The molecule has 0 aliphatic heterocycles. The van der Waals surface area contributed by atoms with Crippen LogP contribution in [-0.4, -0.2) is 17.0 Å². The predicted octanol–water partition coefficient (Wildman–Crippen LogP) is 3.03. The van der Waals surface area contributed by atoms with Crippen LogP contribution in [0.25, 0.3) is 10.8 Å². The predicted molar refractivity (Wildman–Crippen MR) is 76.5 cm³/mol. The van der Waals surface area contributed by atoms with Crippen LogP contribution in [-0.2, 0) is 9.59 Å². The average molecular weight is 269 g/mol. The average Bonchev–Trinajstić information content (AvgIpc) is 2.36. The normalized spacial score (nSPS) is 16.4. The molecule has 0 aromatic heterocycles. The van der Waals surface area contributed by atoms with Crippen LogP contribution in [0.4, 0.5) is 5.69 Å². The van der Waals surface area contributed by atoms with Crippen molar-refractivity contribution in [2.24, 2.45) is 5.41 Å². The summed E-state index contributed by atoms with van der Waals surface area (Å²) in [5.41, 5.74) is -0.590. The molecule has 0 spiro atoms. The molecule has 1 aliphatic carbocycles. The minimum Gasteiger partial charge on any atom is -0.480 e. The molecule has 20 heavy (non-hydrogen) atoms. The molecule has 0 heterocycles. The van der Waals surface area contributed by atoms with Crippen LogP contribution < -0.4 is 5.32 Å². The molecule has 1 saturated carbocycles. The third-order valence-corrected chi connectivity index (χ3v) is 4.06. The zero-order chi connectivity index (χ0) is 14.2. The van der Waals surface area contributed by atoms with Gasteiger partial charge in [-0.15, -0.1) is 0 Å². The number of carboxylic acid groups (broad SMARTS) is 1. The summed E-state index contributed by atoms with van der Waals surface area (Å²) < 4.78 is 0. The summed E-state index contributed by atoms with van der Waals surface area (Å²) in [7, 11) is 0. The number of hydrogen-bond donors (Lipinski definition) is 2. The molecule has 0 saturated heterocycles. The van der Waals surface area contributed by atoms with Crippen LogP contribution in [0.1, 0.15) is 19.3 Å². The topological polar surface area (TPSA) is 66.4 Å². The fraction of sp³-hybridized carbons (Fsp3) is 0.250. The fourth-order valence-corrected chi connectivity index (χ4v) is 2.59. The van der Waals surface area contributed by atoms with Gasteiger partial charge in [-0.1, -0.05) is 36.8 Å². The number of anilines is 1. The Bertz CT molecular complexity index is 689. The lowest BCUT2D eigenvalue weighted by atomic mass is 9.68. The number of hydrogen-bond acceptors (Lipinski definition) is 2. The van der Waals surface area contributed by atoms with E-state index in [1.807, 2.05) is 36.4 Å². The van der Waals surface area contributed by atoms with Crippen molar-refractivity contribution in [1.82, 2.24) is 0 Å². The molecule has 0 radical (unpaired) electrons. The van der Waals surface area contributed by atoms with Crippen molar-refractivity contribution in [2.45, 2.75) is 19.3 Å². The van der Waals surface area contributed by atoms with E-state index in [4.69, 9.17) is 0 Å². The highest BCUT2D eigenvalue weighted by Crippen LogP contribution is 2.42. The van der Waals surface area contributed by atoms with Crippen LogP contribution in [0, 0.1) is 5.41 Å². The number of aliphatic carboxylic acids is 1. The molecule has 1 aliphatic rings. The van der Waals surface area contributed by atoms with Gasteiger partial charge >= 0.3 is 5.97 Å². The van der Waals surface area contributed by atoms with Crippen LogP contribution in [0.15, 0.2) is 42.5 Å². The van der Waals surface area contributed by atoms with Gasteiger partial charge in [0.2, 0.25) is 5.91 Å². The number of rotatable bonds is 3. The molecule has 2 N–H and O–H groups in total. The van der Waals surface area contributed by atoms with Crippen molar-refractivity contribution < 1.29 is 14.7 Å². The molecule has 2 aromatic rings. The van der Waals surface area contributed by atoms with E-state index in [2.05, 4.69) is 5.32 Å². The third-order valence-electron chi connectivity index (χ3n) is 4.06. The highest BCUT2D eigenvalue weighted by Gasteiger charge is 2.51. The Balaban J connectivity index is 1.86. The Morgan fingerprint density at radius 2 is 1.75 bits per heavy atom. The van der Waals surface area contributed by atoms with E-state index < -0.39 is 17.3 Å². The Hall–Kier alpha value is -2.36. The first kappa shape index (κ1) is 12.7. The second-order valence-corrected chi connectivity index (χ2v) is 5.26. The maximum Gasteiger partial charge on any atom is 0.319 e. The first-order valence-corrected chi connectivity index (χ1v) is 6.65. The maximum atomic E-state index is 12.2. The van der Waals surface area contributed by atoms with Gasteiger partial charge in [0.1, 0.15) is 5.41 Å². The largest absolute Gasteiger partial charge is 0.480 e. The zero-order valence-electron chi connectivity index (χ0n) is 10.9. The lowest BCUT2D eigenvalue weighted by Gasteiger charge is -2.35. The van der Waals surface area contributed by atoms with Gasteiger partial charge in [0.05, 0.1) is 0 Å². The number of carboxylic acids is 1. The van der Waals surface area contributed by atoms with Crippen LogP contribution in [0.3, 0.4) is 0 Å². The Kier molecular flexibility index (Phi) is 2.93. The molecule has 2 aromatic carbocycles. The minimum absolute atomic E-state index is 0.411. The summed E-state index contributed by atoms with van der Waals surface area (Å²) in [4.78, 5) is 23.5. The fourth-order valence-electron chi connectivity index (χ4n) is 2.59. The van der Waals surface area contributed by atoms with Gasteiger partial charge in [0.15, 0.2) is 0 Å². The van der Waals surface area contributed by atoms with E-state index in [0.717, 1.165) is 17.2 Å². The summed E-state index contributed by atoms with van der Waals surface area (Å²) in [5, 5.41) is 14.1. The molecule has 0 bridgehead atoms. The number of carbonyl (C=O) groups excluding carboxylic acids is 1. The molecule has 4 nitrogen and oxygen atoms in total. The molecular weight excluding hydrogens is 254 g/mol. The Morgan fingerprint density at radius 3 is 2.35 bits per heavy atom. The summed E-state index contributed by atoms with van der Waals surface area (Å²) in [6, 6.07) is 13.4. The molecule has 0 unspecified atom stereocenters. The molecular formula is C16H15NO3. The van der Waals surface area contributed by atoms with Crippen molar-refractivity contribution in [3.63, 3.8) is 0 Å². The second-order valence-electron chi connectivity index (χ2n) is 5.26. The van der Waals surface area contributed by atoms with E-state index in [-0.39, 0.29) is 0 Å². The van der Waals surface area contributed by atoms with E-state index in [1.165, 1.54) is 0 Å². The summed E-state index contributed by atoms with van der Waals surface area (Å²) in [6.07, 6.45) is 1.63. The molecule has 4 heteroatoms. The molecule has 0 atom stereocenters. The highest BCUT2D eigenvalue weighted by molar-refractivity contribution is 6.09. The summed E-state index contributed by atoms with van der Waals surface area (Å²) >= 11 is 0. The zero-order valence-corrected chi connectivity index (χ0v) is 10.9. The summed E-state index contributed by atoms with van der Waals surface area (Å²) in [6.45, 7) is 0. The van der Waals surface area contributed by atoms with E-state index in [9.17, 15) is 14.7 Å². The van der Waals surface area contributed by atoms with E-state index in [0.29, 0.717) is 18.5 Å². The van der Waals surface area contributed by atoms with Crippen molar-refractivity contribution in [2.75, 3.05) is 5.32 Å². The van der Waals surface area contributed by atoms with Crippen molar-refractivity contribution in [1.29, 1.82) is 0 Å². The maximum absolute atomic E-state index is 12.2. The van der Waals surface area contributed by atoms with Crippen LogP contribution in [0.2, 0.25) is 0 Å². The number of nitrogens with one attached hydrogen (secondary N) is 1. The Labute approximate surface area is 116 Å². The smallest absolute Gasteiger partial charge is 0.319 e. The van der Waals surface area contributed by atoms with Crippen molar-refractivity contribution in [3.8, 4) is 0 Å². The van der Waals surface area contributed by atoms with Gasteiger partial charge in [0.25, 0.3) is 0 Å². The number of carbonyl (C=O) groups is 2. The second kappa shape index (κ2) is 4.63. The quantitative estimate of drug-likeness (QED) is 0.842. The monoisotopic (exact) mass is 269 g/mol. The molecule has 3 rings (SSSR count). The first-order chi connectivity index (χ1) is 9.62. The lowest BCUT2D eigenvalue weighted by Crippen LogP contribution is -2.48. The van der Waals surface area contributed by atoms with Gasteiger partial charge in [-0.25, -0.2) is 0 Å². The Morgan fingerprint density at radius 1 is 1.05 bits per heavy atom. The van der Waals surface area contributed by atoms with Gasteiger partial charge in [-0.3, -0.25) is 9.59 Å². The van der Waals surface area contributed by atoms with Crippen molar-refractivity contribution in [3.05, 3.63) is 42.5 Å². The SMILES string of the molecule is O=C(O)C1(C(=O)Nc2ccc3ccccc3c2)CCC1. The molecule has 102 valence electrons. The van der Waals surface area contributed by atoms with Crippen LogP contribution >= 0.6 is 0 Å². The van der Waals surface area contributed by atoms with Gasteiger partial charge in [0, 0.05) is 5.69 Å². The summed E-state index contributed by atoms with van der Waals surface area (Å²) in [5.74, 6) is -1.44. The standard InChI is InChI=1S/C16H15NO3/c18-14(16(15(19)20)8-3-9-16)17-13-7-6-11-4-1-2-5-12(11)10-13/h1-2,4-7,10H,3,8-9H2,(H,17,18)(H,19,20). The lowest BCUT2D eigenvalue weighted by molar-refractivity contribution is -0.159. The van der Waals surface area contributed by atoms with Gasteiger partial charge in [-0.2, -0.15) is 0 Å². The first-order valence-electron chi connectivity index (χ1n) is 6.65. The molecule has 1 fully saturated rings. The van der Waals surface area contributed by atoms with E-state index >= 15 is 0 Å². The minimum atomic E-state index is -1.23. The number of amides is 1. The van der Waals surface area contributed by atoms with Crippen molar-refractivity contribution >= 4 is 28.3 Å². The number of fused-ring (bicyclic) bond motifs is 1. The highest BCUT2D eigenvalue weighted by atomic mass is 16.4. The number of benzene rings is 2. The van der Waals surface area contributed by atoms with Crippen LogP contribution in [0.5, 0.6) is 0 Å². The van der Waals surface area contributed by atoms with E-state index in [1.54, 1.807) is 6.07 Å². The van der Waals surface area contributed by atoms with Gasteiger partial charge in [-0.05, 0) is 35.7 Å². The third kappa shape index (κ3) is 1.93.